The van der Waals surface area contributed by atoms with Crippen LogP contribution in [0.15, 0.2) is 11.9 Å². The molecule has 0 bridgehead atoms. The molecule has 1 rings (SSSR count). The number of rotatable bonds is 5. The van der Waals surface area contributed by atoms with E-state index in [4.69, 9.17) is 5.73 Å². The SMILES string of the molecule is CN(C(=O)N(C/C(=C/F)CN)N(C)C)C1CCCCCCC1. The Morgan fingerprint density at radius 2 is 1.68 bits per heavy atom. The van der Waals surface area contributed by atoms with Crippen molar-refractivity contribution in [3.8, 4) is 0 Å². The number of carbonyl (C=O) groups is 1. The molecule has 0 aliphatic heterocycles. The van der Waals surface area contributed by atoms with E-state index in [1.54, 1.807) is 19.1 Å². The number of amides is 2. The lowest BCUT2D eigenvalue weighted by Gasteiger charge is -2.37. The second kappa shape index (κ2) is 9.79. The first-order valence-corrected chi connectivity index (χ1v) is 8.21. The summed E-state index contributed by atoms with van der Waals surface area (Å²) < 4.78 is 12.8. The Morgan fingerprint density at radius 1 is 1.14 bits per heavy atom. The van der Waals surface area contributed by atoms with Gasteiger partial charge in [-0.1, -0.05) is 32.1 Å². The van der Waals surface area contributed by atoms with Gasteiger partial charge in [0.25, 0.3) is 0 Å². The van der Waals surface area contributed by atoms with Crippen molar-refractivity contribution in [1.82, 2.24) is 14.9 Å². The van der Waals surface area contributed by atoms with E-state index in [2.05, 4.69) is 0 Å². The van der Waals surface area contributed by atoms with Gasteiger partial charge in [0.2, 0.25) is 0 Å². The van der Waals surface area contributed by atoms with Crippen molar-refractivity contribution in [2.45, 2.75) is 51.0 Å². The van der Waals surface area contributed by atoms with Crippen LogP contribution in [-0.4, -0.2) is 61.2 Å². The van der Waals surface area contributed by atoms with Crippen LogP contribution in [0.2, 0.25) is 0 Å². The average Bonchev–Trinajstić information content (AvgIpc) is 2.46. The normalized spacial score (nSPS) is 18.0. The topological polar surface area (TPSA) is 52.8 Å². The predicted octanol–water partition coefficient (Wildman–Crippen LogP) is 2.74. The molecular formula is C16H31FN4O. The molecule has 1 fully saturated rings. The van der Waals surface area contributed by atoms with Gasteiger partial charge in [0.15, 0.2) is 0 Å². The van der Waals surface area contributed by atoms with E-state index < -0.39 is 0 Å². The maximum atomic E-state index is 12.8. The third kappa shape index (κ3) is 5.57. The summed E-state index contributed by atoms with van der Waals surface area (Å²) in [5.74, 6) is 0. The number of nitrogens with zero attached hydrogens (tertiary/aromatic N) is 3. The van der Waals surface area contributed by atoms with Gasteiger partial charge in [-0.3, -0.25) is 5.01 Å². The molecule has 0 spiro atoms. The number of hydrazine groups is 1. The van der Waals surface area contributed by atoms with Gasteiger partial charge >= 0.3 is 6.03 Å². The summed E-state index contributed by atoms with van der Waals surface area (Å²) in [5.41, 5.74) is 5.92. The van der Waals surface area contributed by atoms with E-state index >= 15 is 0 Å². The Hall–Kier alpha value is -1.14. The second-order valence-electron chi connectivity index (χ2n) is 6.27. The highest BCUT2D eigenvalue weighted by atomic mass is 19.1. The van der Waals surface area contributed by atoms with Crippen molar-refractivity contribution in [3.63, 3.8) is 0 Å². The van der Waals surface area contributed by atoms with E-state index in [0.717, 1.165) is 12.8 Å². The minimum absolute atomic E-state index is 0.0941. The smallest absolute Gasteiger partial charge is 0.327 e. The van der Waals surface area contributed by atoms with Crippen LogP contribution in [0.1, 0.15) is 44.9 Å². The first-order chi connectivity index (χ1) is 10.5. The molecule has 1 aliphatic rings. The Balaban J connectivity index is 2.74. The fourth-order valence-electron chi connectivity index (χ4n) is 2.88. The predicted molar refractivity (Wildman–Crippen MR) is 87.9 cm³/mol. The van der Waals surface area contributed by atoms with Crippen molar-refractivity contribution in [2.24, 2.45) is 5.73 Å². The summed E-state index contributed by atoms with van der Waals surface area (Å²) in [6.07, 6.45) is 8.73. The molecule has 2 amide bonds. The molecule has 0 unspecified atom stereocenters. The maximum Gasteiger partial charge on any atom is 0.334 e. The molecule has 1 saturated carbocycles. The molecule has 0 radical (unpaired) electrons. The molecule has 0 saturated heterocycles. The Morgan fingerprint density at radius 3 is 2.14 bits per heavy atom. The van der Waals surface area contributed by atoms with Crippen molar-refractivity contribution >= 4 is 6.03 Å². The number of hydrogen-bond donors (Lipinski definition) is 1. The lowest BCUT2D eigenvalue weighted by Crippen LogP contribution is -2.52. The highest BCUT2D eigenvalue weighted by Crippen LogP contribution is 2.21. The van der Waals surface area contributed by atoms with Gasteiger partial charge in [-0.2, -0.15) is 0 Å². The van der Waals surface area contributed by atoms with Crippen molar-refractivity contribution in [3.05, 3.63) is 11.9 Å². The van der Waals surface area contributed by atoms with E-state index in [1.165, 1.54) is 37.1 Å². The molecule has 2 N–H and O–H groups in total. The van der Waals surface area contributed by atoms with Crippen LogP contribution in [0.5, 0.6) is 0 Å². The maximum absolute atomic E-state index is 12.8. The van der Waals surface area contributed by atoms with Crippen LogP contribution in [0.3, 0.4) is 0 Å². The minimum Gasteiger partial charge on any atom is -0.327 e. The van der Waals surface area contributed by atoms with E-state index in [-0.39, 0.29) is 25.2 Å². The molecule has 128 valence electrons. The molecule has 6 heteroatoms. The van der Waals surface area contributed by atoms with Gasteiger partial charge in [-0.15, -0.1) is 0 Å². The monoisotopic (exact) mass is 314 g/mol. The number of halogens is 1. The molecule has 1 aliphatic carbocycles. The standard InChI is InChI=1S/C16H31FN4O/c1-19(2)21(13-14(11-17)12-18)16(22)20(3)15-9-7-5-4-6-8-10-15/h11,15H,4-10,12-13,18H2,1-3H3/b14-11+. The Bertz CT molecular complexity index is 365. The van der Waals surface area contributed by atoms with Crippen LogP contribution in [0, 0.1) is 0 Å². The van der Waals surface area contributed by atoms with Crippen LogP contribution < -0.4 is 5.73 Å². The molecular weight excluding hydrogens is 283 g/mol. The fraction of sp³-hybridized carbons (Fsp3) is 0.812. The lowest BCUT2D eigenvalue weighted by atomic mass is 9.96. The molecule has 0 aromatic heterocycles. The van der Waals surface area contributed by atoms with Crippen LogP contribution in [0.25, 0.3) is 0 Å². The van der Waals surface area contributed by atoms with Crippen molar-refractivity contribution in [1.29, 1.82) is 0 Å². The van der Waals surface area contributed by atoms with Gasteiger partial charge in [0.05, 0.1) is 12.9 Å². The van der Waals surface area contributed by atoms with Crippen LogP contribution in [0.4, 0.5) is 9.18 Å². The van der Waals surface area contributed by atoms with Gasteiger partial charge in [0.1, 0.15) is 0 Å². The third-order valence-corrected chi connectivity index (χ3v) is 4.40. The summed E-state index contributed by atoms with van der Waals surface area (Å²) in [5, 5.41) is 3.23. The van der Waals surface area contributed by atoms with Crippen LogP contribution >= 0.6 is 0 Å². The quantitative estimate of drug-likeness (QED) is 0.794. The molecule has 0 aromatic carbocycles. The van der Waals surface area contributed by atoms with Gasteiger partial charge in [0, 0.05) is 33.7 Å². The number of urea groups is 1. The lowest BCUT2D eigenvalue weighted by molar-refractivity contribution is 0.0420. The van der Waals surface area contributed by atoms with Crippen LogP contribution in [-0.2, 0) is 0 Å². The Labute approximate surface area is 133 Å². The van der Waals surface area contributed by atoms with Crippen molar-refractivity contribution < 1.29 is 9.18 Å². The zero-order valence-corrected chi connectivity index (χ0v) is 14.2. The van der Waals surface area contributed by atoms with Gasteiger partial charge in [-0.25, -0.2) is 14.2 Å². The summed E-state index contributed by atoms with van der Waals surface area (Å²) in [6.45, 7) is 0.303. The third-order valence-electron chi connectivity index (χ3n) is 4.40. The van der Waals surface area contributed by atoms with E-state index in [0.29, 0.717) is 11.9 Å². The summed E-state index contributed by atoms with van der Waals surface area (Å²) in [7, 11) is 5.43. The largest absolute Gasteiger partial charge is 0.334 e. The van der Waals surface area contributed by atoms with E-state index in [9.17, 15) is 9.18 Å². The summed E-state index contributed by atoms with van der Waals surface area (Å²) >= 11 is 0. The molecule has 22 heavy (non-hydrogen) atoms. The Kier molecular flexibility index (Phi) is 8.42. The van der Waals surface area contributed by atoms with Gasteiger partial charge in [-0.05, 0) is 18.4 Å². The number of nitrogens with two attached hydrogens (primary N) is 1. The second-order valence-corrected chi connectivity index (χ2v) is 6.27. The zero-order chi connectivity index (χ0) is 16.5. The number of carbonyl (C=O) groups excluding carboxylic acids is 1. The first-order valence-electron chi connectivity index (χ1n) is 8.21. The number of hydrogen-bond acceptors (Lipinski definition) is 3. The van der Waals surface area contributed by atoms with Crippen molar-refractivity contribution in [2.75, 3.05) is 34.2 Å². The zero-order valence-electron chi connectivity index (χ0n) is 14.2. The van der Waals surface area contributed by atoms with Gasteiger partial charge < -0.3 is 10.6 Å². The minimum atomic E-state index is -0.0941. The molecule has 0 heterocycles. The molecule has 5 nitrogen and oxygen atoms in total. The first kappa shape index (κ1) is 18.9. The highest BCUT2D eigenvalue weighted by Gasteiger charge is 2.26. The fourth-order valence-corrected chi connectivity index (χ4v) is 2.88. The van der Waals surface area contributed by atoms with E-state index in [1.807, 2.05) is 11.9 Å². The molecule has 0 aromatic rings. The molecule has 0 atom stereocenters. The average molecular weight is 314 g/mol. The summed E-state index contributed by atoms with van der Waals surface area (Å²) in [4.78, 5) is 14.6. The highest BCUT2D eigenvalue weighted by molar-refractivity contribution is 5.74. The summed E-state index contributed by atoms with van der Waals surface area (Å²) in [6, 6.07) is 0.175.